The molecule has 26 heavy (non-hydrogen) atoms. The molecule has 1 saturated heterocycles. The normalized spacial score (nSPS) is 30.0. The summed E-state index contributed by atoms with van der Waals surface area (Å²) in [6, 6.07) is 6.90. The molecule has 0 amide bonds. The first-order valence-electron chi connectivity index (χ1n) is 9.91. The van der Waals surface area contributed by atoms with Crippen LogP contribution in [0.3, 0.4) is 0 Å². The molecule has 4 aliphatic rings. The first-order chi connectivity index (χ1) is 12.7. The fraction of sp³-hybridized carbons (Fsp3) is 0.650. The average Bonchev–Trinajstić information content (AvgIpc) is 3.38. The van der Waals surface area contributed by atoms with E-state index >= 15 is 0 Å². The average molecular weight is 374 g/mol. The van der Waals surface area contributed by atoms with Crippen molar-refractivity contribution in [3.05, 3.63) is 23.8 Å². The maximum Gasteiger partial charge on any atom is 0.231 e. The second-order valence-electron chi connectivity index (χ2n) is 8.18. The molecule has 5 nitrogen and oxygen atoms in total. The van der Waals surface area contributed by atoms with Crippen molar-refractivity contribution in [3.8, 4) is 11.5 Å². The Morgan fingerprint density at radius 2 is 1.92 bits per heavy atom. The van der Waals surface area contributed by atoms with Crippen LogP contribution in [0.2, 0.25) is 0 Å². The van der Waals surface area contributed by atoms with E-state index in [0.717, 1.165) is 61.2 Å². The van der Waals surface area contributed by atoms with Crippen molar-refractivity contribution in [2.75, 3.05) is 33.0 Å². The Morgan fingerprint density at radius 1 is 1.08 bits per heavy atom. The van der Waals surface area contributed by atoms with Gasteiger partial charge in [-0.1, -0.05) is 12.5 Å². The van der Waals surface area contributed by atoms with Crippen LogP contribution < -0.4 is 14.8 Å². The van der Waals surface area contributed by atoms with Gasteiger partial charge < -0.3 is 19.7 Å². The fourth-order valence-electron chi connectivity index (χ4n) is 5.08. The lowest BCUT2D eigenvalue weighted by Crippen LogP contribution is -2.53. The molecular formula is C20H27N3O2S. The Hall–Kier alpha value is -1.53. The Morgan fingerprint density at radius 3 is 2.69 bits per heavy atom. The van der Waals surface area contributed by atoms with Gasteiger partial charge >= 0.3 is 0 Å². The van der Waals surface area contributed by atoms with Crippen LogP contribution in [-0.4, -0.2) is 53.9 Å². The van der Waals surface area contributed by atoms with Gasteiger partial charge in [-0.05, 0) is 61.0 Å². The molecule has 2 aliphatic heterocycles. The first-order valence-corrected chi connectivity index (χ1v) is 10.3. The predicted octanol–water partition coefficient (Wildman–Crippen LogP) is 2.60. The van der Waals surface area contributed by atoms with Gasteiger partial charge in [0.2, 0.25) is 6.79 Å². The zero-order chi connectivity index (χ0) is 17.5. The number of benzene rings is 1. The first kappa shape index (κ1) is 16.6. The third-order valence-electron chi connectivity index (χ3n) is 6.55. The summed E-state index contributed by atoms with van der Waals surface area (Å²) in [5, 5.41) is 4.66. The summed E-state index contributed by atoms with van der Waals surface area (Å²) in [6.45, 7) is 5.41. The van der Waals surface area contributed by atoms with E-state index in [9.17, 15) is 0 Å². The van der Waals surface area contributed by atoms with Crippen molar-refractivity contribution in [2.24, 2.45) is 11.8 Å². The lowest BCUT2D eigenvalue weighted by Gasteiger charge is -2.37. The Balaban J connectivity index is 1.11. The second kappa shape index (κ2) is 6.89. The van der Waals surface area contributed by atoms with Crippen LogP contribution in [-0.2, 0) is 6.54 Å². The van der Waals surface area contributed by atoms with Gasteiger partial charge in [-0.15, -0.1) is 0 Å². The minimum Gasteiger partial charge on any atom is -0.454 e. The molecule has 3 fully saturated rings. The van der Waals surface area contributed by atoms with E-state index in [2.05, 4.69) is 27.2 Å². The van der Waals surface area contributed by atoms with E-state index in [0.29, 0.717) is 12.8 Å². The molecule has 140 valence electrons. The van der Waals surface area contributed by atoms with Gasteiger partial charge in [-0.2, -0.15) is 0 Å². The van der Waals surface area contributed by atoms with E-state index in [-0.39, 0.29) is 0 Å². The van der Waals surface area contributed by atoms with Gasteiger partial charge in [-0.3, -0.25) is 4.90 Å². The van der Waals surface area contributed by atoms with Crippen molar-refractivity contribution < 1.29 is 9.47 Å². The van der Waals surface area contributed by atoms with Crippen molar-refractivity contribution >= 4 is 17.3 Å². The Bertz CT molecular complexity index is 690. The van der Waals surface area contributed by atoms with Gasteiger partial charge in [-0.25, -0.2) is 0 Å². The largest absolute Gasteiger partial charge is 0.454 e. The van der Waals surface area contributed by atoms with Gasteiger partial charge in [0.15, 0.2) is 16.6 Å². The van der Waals surface area contributed by atoms with Crippen LogP contribution in [0.4, 0.5) is 0 Å². The Labute approximate surface area is 160 Å². The molecule has 1 aromatic carbocycles. The molecule has 2 bridgehead atoms. The molecular weight excluding hydrogens is 346 g/mol. The minimum absolute atomic E-state index is 0.338. The third-order valence-corrected chi connectivity index (χ3v) is 6.93. The summed E-state index contributed by atoms with van der Waals surface area (Å²) in [5.41, 5.74) is 1.28. The summed E-state index contributed by atoms with van der Waals surface area (Å²) in [4.78, 5) is 4.85. The van der Waals surface area contributed by atoms with E-state index in [1.807, 2.05) is 6.07 Å². The van der Waals surface area contributed by atoms with E-state index in [1.165, 1.54) is 31.2 Å². The zero-order valence-corrected chi connectivity index (χ0v) is 16.0. The number of nitrogens with one attached hydrogen (secondary N) is 1. The van der Waals surface area contributed by atoms with Crippen LogP contribution >= 0.6 is 12.2 Å². The van der Waals surface area contributed by atoms with Crippen LogP contribution in [0.15, 0.2) is 18.2 Å². The van der Waals surface area contributed by atoms with E-state index in [4.69, 9.17) is 21.7 Å². The molecule has 2 saturated carbocycles. The molecule has 0 radical (unpaired) electrons. The molecule has 5 rings (SSSR count). The predicted molar refractivity (Wildman–Crippen MR) is 104 cm³/mol. The number of ether oxygens (including phenoxy) is 2. The summed E-state index contributed by atoms with van der Waals surface area (Å²) in [6.07, 6.45) is 5.58. The highest BCUT2D eigenvalue weighted by Gasteiger charge is 2.40. The van der Waals surface area contributed by atoms with E-state index in [1.54, 1.807) is 0 Å². The molecule has 2 aliphatic carbocycles. The van der Waals surface area contributed by atoms with Gasteiger partial charge in [0.25, 0.3) is 0 Å². The molecule has 3 atom stereocenters. The standard InChI is InChI=1S/C20H27N3O2S/c26-20(21-17-10-14-1-3-16(17)9-14)23-7-5-22(6-8-23)12-15-2-4-18-19(11-15)25-13-24-18/h2,4,11,14,16-17H,1,3,5-10,12-13H2,(H,21,26). The number of hydrogen-bond donors (Lipinski definition) is 1. The van der Waals surface area contributed by atoms with Crippen molar-refractivity contribution in [1.82, 2.24) is 15.1 Å². The quantitative estimate of drug-likeness (QED) is 0.821. The van der Waals surface area contributed by atoms with Crippen LogP contribution in [0, 0.1) is 11.8 Å². The molecule has 1 aromatic rings. The van der Waals surface area contributed by atoms with Gasteiger partial charge in [0.05, 0.1) is 0 Å². The maximum atomic E-state index is 5.71. The molecule has 3 unspecified atom stereocenters. The lowest BCUT2D eigenvalue weighted by atomic mass is 9.95. The monoisotopic (exact) mass is 373 g/mol. The highest BCUT2D eigenvalue weighted by molar-refractivity contribution is 7.80. The summed E-state index contributed by atoms with van der Waals surface area (Å²) < 4.78 is 10.9. The number of hydrogen-bond acceptors (Lipinski definition) is 4. The number of rotatable bonds is 3. The summed E-state index contributed by atoms with van der Waals surface area (Å²) in [5.74, 6) is 3.55. The lowest BCUT2D eigenvalue weighted by molar-refractivity contribution is 0.171. The van der Waals surface area contributed by atoms with Crippen LogP contribution in [0.5, 0.6) is 11.5 Å². The highest BCUT2D eigenvalue weighted by atomic mass is 32.1. The number of piperazine rings is 1. The molecule has 6 heteroatoms. The second-order valence-corrected chi connectivity index (χ2v) is 8.57. The van der Waals surface area contributed by atoms with Gasteiger partial charge in [0, 0.05) is 38.8 Å². The molecule has 1 N–H and O–H groups in total. The van der Waals surface area contributed by atoms with Crippen LogP contribution in [0.25, 0.3) is 0 Å². The smallest absolute Gasteiger partial charge is 0.231 e. The Kier molecular flexibility index (Phi) is 4.41. The molecule has 0 aromatic heterocycles. The molecule has 2 heterocycles. The van der Waals surface area contributed by atoms with E-state index < -0.39 is 0 Å². The summed E-state index contributed by atoms with van der Waals surface area (Å²) >= 11 is 5.71. The van der Waals surface area contributed by atoms with Crippen molar-refractivity contribution in [1.29, 1.82) is 0 Å². The number of nitrogens with zero attached hydrogens (tertiary/aromatic N) is 2. The van der Waals surface area contributed by atoms with Crippen LogP contribution in [0.1, 0.15) is 31.2 Å². The minimum atomic E-state index is 0.338. The zero-order valence-electron chi connectivity index (χ0n) is 15.2. The highest BCUT2D eigenvalue weighted by Crippen LogP contribution is 2.44. The van der Waals surface area contributed by atoms with Crippen molar-refractivity contribution in [3.63, 3.8) is 0 Å². The number of fused-ring (bicyclic) bond motifs is 3. The fourth-order valence-corrected chi connectivity index (χ4v) is 5.41. The van der Waals surface area contributed by atoms with Gasteiger partial charge in [0.1, 0.15) is 0 Å². The molecule has 0 spiro atoms. The topological polar surface area (TPSA) is 37.0 Å². The maximum absolute atomic E-state index is 5.71. The SMILES string of the molecule is S=C(NC1CC2CCC1C2)N1CCN(Cc2ccc3c(c2)OCO3)CC1. The number of thiocarbonyl (C=S) groups is 1. The van der Waals surface area contributed by atoms with Crippen molar-refractivity contribution in [2.45, 2.75) is 38.3 Å². The summed E-state index contributed by atoms with van der Waals surface area (Å²) in [7, 11) is 0. The third kappa shape index (κ3) is 3.25.